The highest BCUT2D eigenvalue weighted by molar-refractivity contribution is 7.14. The van der Waals surface area contributed by atoms with Gasteiger partial charge in [0, 0.05) is 4.88 Å². The molecular weight excluding hydrogens is 168 g/mol. The molecule has 0 N–H and O–H groups in total. The molecule has 1 aliphatic rings. The normalized spacial score (nSPS) is 15.8. The number of rotatable bonds is 1. The fourth-order valence-electron chi connectivity index (χ4n) is 1.86. The number of hydrogen-bond acceptors (Lipinski definition) is 2. The predicted molar refractivity (Wildman–Crippen MR) is 51.1 cm³/mol. The van der Waals surface area contributed by atoms with Gasteiger partial charge in [0.25, 0.3) is 0 Å². The van der Waals surface area contributed by atoms with E-state index in [1.54, 1.807) is 11.3 Å². The highest BCUT2D eigenvalue weighted by Crippen LogP contribution is 2.32. The maximum absolute atomic E-state index is 10.7. The van der Waals surface area contributed by atoms with Crippen LogP contribution in [0.3, 0.4) is 0 Å². The molecule has 2 rings (SSSR count). The summed E-state index contributed by atoms with van der Waals surface area (Å²) in [5, 5.41) is 0. The maximum atomic E-state index is 10.7. The van der Waals surface area contributed by atoms with Gasteiger partial charge in [-0.25, -0.2) is 0 Å². The van der Waals surface area contributed by atoms with Gasteiger partial charge in [-0.3, -0.25) is 4.79 Å². The van der Waals surface area contributed by atoms with Gasteiger partial charge in [0.15, 0.2) is 6.29 Å². The Bertz CT molecular complexity index is 312. The summed E-state index contributed by atoms with van der Waals surface area (Å²) >= 11 is 1.69. The van der Waals surface area contributed by atoms with Crippen LogP contribution in [-0.4, -0.2) is 6.29 Å². The molecule has 0 unspecified atom stereocenters. The van der Waals surface area contributed by atoms with E-state index in [0.717, 1.165) is 11.2 Å². The van der Waals surface area contributed by atoms with Crippen molar-refractivity contribution < 1.29 is 4.79 Å². The van der Waals surface area contributed by atoms with Gasteiger partial charge in [-0.05, 0) is 43.7 Å². The standard InChI is InChI=1S/C10H12OS/c1-7-8-4-2-3-5-9(8)12-10(7)6-11/h6H,2-5H2,1H3. The summed E-state index contributed by atoms with van der Waals surface area (Å²) in [6.07, 6.45) is 5.96. The first-order valence-corrected chi connectivity index (χ1v) is 5.21. The Labute approximate surface area is 76.4 Å². The molecule has 0 aromatic carbocycles. The third-order valence-corrected chi connectivity index (χ3v) is 3.90. The first-order chi connectivity index (χ1) is 5.83. The second kappa shape index (κ2) is 3.02. The van der Waals surface area contributed by atoms with E-state index in [4.69, 9.17) is 0 Å². The summed E-state index contributed by atoms with van der Waals surface area (Å²) in [4.78, 5) is 13.1. The molecule has 64 valence electrons. The van der Waals surface area contributed by atoms with Crippen LogP contribution in [-0.2, 0) is 12.8 Å². The van der Waals surface area contributed by atoms with Crippen molar-refractivity contribution in [3.8, 4) is 0 Å². The zero-order valence-corrected chi connectivity index (χ0v) is 8.04. The number of thiophene rings is 1. The molecule has 0 saturated heterocycles. The molecule has 0 bridgehead atoms. The first kappa shape index (κ1) is 7.99. The van der Waals surface area contributed by atoms with Crippen LogP contribution in [0.1, 0.15) is 38.5 Å². The van der Waals surface area contributed by atoms with E-state index >= 15 is 0 Å². The predicted octanol–water partition coefficient (Wildman–Crippen LogP) is 2.75. The minimum Gasteiger partial charge on any atom is -0.297 e. The van der Waals surface area contributed by atoms with Gasteiger partial charge in [0.05, 0.1) is 4.88 Å². The van der Waals surface area contributed by atoms with Crippen molar-refractivity contribution in [2.24, 2.45) is 0 Å². The number of aryl methyl sites for hydroxylation is 1. The Morgan fingerprint density at radius 2 is 2.08 bits per heavy atom. The molecule has 1 aliphatic carbocycles. The molecule has 0 spiro atoms. The second-order valence-corrected chi connectivity index (χ2v) is 4.45. The number of hydrogen-bond donors (Lipinski definition) is 0. The van der Waals surface area contributed by atoms with Gasteiger partial charge in [0.1, 0.15) is 0 Å². The largest absolute Gasteiger partial charge is 0.297 e. The topological polar surface area (TPSA) is 17.1 Å². The van der Waals surface area contributed by atoms with E-state index in [1.165, 1.54) is 41.7 Å². The quantitative estimate of drug-likeness (QED) is 0.607. The zero-order chi connectivity index (χ0) is 8.55. The summed E-state index contributed by atoms with van der Waals surface area (Å²) in [6.45, 7) is 2.07. The van der Waals surface area contributed by atoms with Crippen molar-refractivity contribution in [3.63, 3.8) is 0 Å². The molecule has 0 saturated carbocycles. The molecule has 2 heteroatoms. The first-order valence-electron chi connectivity index (χ1n) is 4.39. The molecule has 0 amide bonds. The van der Waals surface area contributed by atoms with Gasteiger partial charge >= 0.3 is 0 Å². The third kappa shape index (κ3) is 1.11. The molecular formula is C10H12OS. The third-order valence-electron chi connectivity index (χ3n) is 2.58. The summed E-state index contributed by atoms with van der Waals surface area (Å²) in [5.74, 6) is 0. The molecule has 1 heterocycles. The molecule has 1 aromatic heterocycles. The van der Waals surface area contributed by atoms with Crippen molar-refractivity contribution in [1.29, 1.82) is 0 Å². The van der Waals surface area contributed by atoms with E-state index in [9.17, 15) is 4.79 Å². The Hall–Kier alpha value is -0.630. The van der Waals surface area contributed by atoms with Gasteiger partial charge in [-0.2, -0.15) is 0 Å². The zero-order valence-electron chi connectivity index (χ0n) is 7.22. The van der Waals surface area contributed by atoms with Gasteiger partial charge in [-0.1, -0.05) is 0 Å². The average molecular weight is 180 g/mol. The monoisotopic (exact) mass is 180 g/mol. The number of aldehydes is 1. The van der Waals surface area contributed by atoms with Crippen LogP contribution in [0.15, 0.2) is 0 Å². The van der Waals surface area contributed by atoms with E-state index in [-0.39, 0.29) is 0 Å². The fraction of sp³-hybridized carbons (Fsp3) is 0.500. The van der Waals surface area contributed by atoms with Crippen LogP contribution in [0.25, 0.3) is 0 Å². The SMILES string of the molecule is Cc1c(C=O)sc2c1CCCC2. The van der Waals surface area contributed by atoms with E-state index in [2.05, 4.69) is 6.92 Å². The lowest BCUT2D eigenvalue weighted by Crippen LogP contribution is -1.99. The number of carbonyl (C=O) groups excluding carboxylic acids is 1. The Morgan fingerprint density at radius 1 is 1.33 bits per heavy atom. The Kier molecular flexibility index (Phi) is 2.01. The van der Waals surface area contributed by atoms with Crippen molar-refractivity contribution in [2.45, 2.75) is 32.6 Å². The molecule has 1 nitrogen and oxygen atoms in total. The summed E-state index contributed by atoms with van der Waals surface area (Å²) < 4.78 is 0. The van der Waals surface area contributed by atoms with Crippen LogP contribution >= 0.6 is 11.3 Å². The Balaban J connectivity index is 2.51. The Morgan fingerprint density at radius 3 is 2.75 bits per heavy atom. The summed E-state index contributed by atoms with van der Waals surface area (Å²) in [7, 11) is 0. The van der Waals surface area contributed by atoms with Crippen LogP contribution < -0.4 is 0 Å². The molecule has 0 aliphatic heterocycles. The molecule has 0 fully saturated rings. The van der Waals surface area contributed by atoms with E-state index in [1.807, 2.05) is 0 Å². The summed E-state index contributed by atoms with van der Waals surface area (Å²) in [6, 6.07) is 0. The van der Waals surface area contributed by atoms with Crippen LogP contribution in [0, 0.1) is 6.92 Å². The molecule has 12 heavy (non-hydrogen) atoms. The van der Waals surface area contributed by atoms with Crippen LogP contribution in [0.4, 0.5) is 0 Å². The van der Waals surface area contributed by atoms with Crippen LogP contribution in [0.2, 0.25) is 0 Å². The fourth-order valence-corrected chi connectivity index (χ4v) is 3.07. The highest BCUT2D eigenvalue weighted by Gasteiger charge is 2.16. The molecule has 0 radical (unpaired) electrons. The minimum atomic E-state index is 0.946. The molecule has 1 aromatic rings. The average Bonchev–Trinajstić information content (AvgIpc) is 2.44. The summed E-state index contributed by atoms with van der Waals surface area (Å²) in [5.41, 5.74) is 2.71. The lowest BCUT2D eigenvalue weighted by atomic mass is 9.96. The van der Waals surface area contributed by atoms with Crippen molar-refractivity contribution in [3.05, 3.63) is 20.9 Å². The van der Waals surface area contributed by atoms with Gasteiger partial charge < -0.3 is 0 Å². The van der Waals surface area contributed by atoms with Crippen molar-refractivity contribution in [2.75, 3.05) is 0 Å². The lowest BCUT2D eigenvalue weighted by molar-refractivity contribution is 0.112. The lowest BCUT2D eigenvalue weighted by Gasteiger charge is -2.10. The number of fused-ring (bicyclic) bond motifs is 1. The van der Waals surface area contributed by atoms with Crippen LogP contribution in [0.5, 0.6) is 0 Å². The van der Waals surface area contributed by atoms with E-state index < -0.39 is 0 Å². The van der Waals surface area contributed by atoms with Crippen molar-refractivity contribution >= 4 is 17.6 Å². The van der Waals surface area contributed by atoms with Crippen molar-refractivity contribution in [1.82, 2.24) is 0 Å². The highest BCUT2D eigenvalue weighted by atomic mass is 32.1. The van der Waals surface area contributed by atoms with Gasteiger partial charge in [0.2, 0.25) is 0 Å². The minimum absolute atomic E-state index is 0.946. The smallest absolute Gasteiger partial charge is 0.160 e. The molecule has 0 atom stereocenters. The maximum Gasteiger partial charge on any atom is 0.160 e. The van der Waals surface area contributed by atoms with E-state index in [0.29, 0.717) is 0 Å². The number of carbonyl (C=O) groups is 1. The van der Waals surface area contributed by atoms with Gasteiger partial charge in [-0.15, -0.1) is 11.3 Å². The second-order valence-electron chi connectivity index (χ2n) is 3.32.